The zero-order valence-electron chi connectivity index (χ0n) is 17.0. The van der Waals surface area contributed by atoms with Gasteiger partial charge in [-0.2, -0.15) is 0 Å². The van der Waals surface area contributed by atoms with E-state index in [1.54, 1.807) is 12.1 Å². The lowest BCUT2D eigenvalue weighted by Gasteiger charge is -2.34. The molecule has 1 saturated heterocycles. The molecule has 1 aliphatic rings. The Labute approximate surface area is 170 Å². The first-order chi connectivity index (χ1) is 14.2. The molecule has 1 aliphatic heterocycles. The fraction of sp³-hybridized carbons (Fsp3) is 0.348. The molecule has 6 heteroatoms. The number of quaternary nitrogens is 1. The molecule has 1 aromatic heterocycles. The third-order valence-electron chi connectivity index (χ3n) is 5.52. The highest BCUT2D eigenvalue weighted by Gasteiger charge is 2.25. The highest BCUT2D eigenvalue weighted by molar-refractivity contribution is 5.61. The molecule has 152 valence electrons. The number of aromatic nitrogens is 1. The van der Waals surface area contributed by atoms with Gasteiger partial charge in [-0.1, -0.05) is 17.3 Å². The molecular weight excluding hydrogens is 369 g/mol. The summed E-state index contributed by atoms with van der Waals surface area (Å²) in [5.74, 6) is 1.43. The van der Waals surface area contributed by atoms with E-state index >= 15 is 0 Å². The first kappa shape index (κ1) is 19.5. The molecule has 1 N–H and O–H groups in total. The van der Waals surface area contributed by atoms with Crippen LogP contribution in [0.3, 0.4) is 0 Å². The normalized spacial score (nSPS) is 14.9. The summed E-state index contributed by atoms with van der Waals surface area (Å²) in [6.45, 7) is 9.54. The molecule has 0 saturated carbocycles. The minimum atomic E-state index is -0.251. The standard InChI is InChI=1S/C23H26FN3O2/c1-3-28-22-7-5-4-6-21(22)27-14-12-26(13-15-27)16-20-17(2)23(29-25-20)18-8-10-19(24)11-9-18/h4-11H,3,12-16H2,1-2H3/p+1. The smallest absolute Gasteiger partial charge is 0.170 e. The second-order valence-electron chi connectivity index (χ2n) is 7.40. The van der Waals surface area contributed by atoms with Crippen molar-refractivity contribution in [3.63, 3.8) is 0 Å². The van der Waals surface area contributed by atoms with E-state index in [0.717, 1.165) is 61.1 Å². The van der Waals surface area contributed by atoms with Crippen molar-refractivity contribution in [2.75, 3.05) is 37.7 Å². The van der Waals surface area contributed by atoms with Gasteiger partial charge < -0.3 is 19.1 Å². The predicted octanol–water partition coefficient (Wildman–Crippen LogP) is 3.09. The molecule has 4 rings (SSSR count). The predicted molar refractivity (Wildman–Crippen MR) is 111 cm³/mol. The zero-order chi connectivity index (χ0) is 20.2. The summed E-state index contributed by atoms with van der Waals surface area (Å²) >= 11 is 0. The highest BCUT2D eigenvalue weighted by Crippen LogP contribution is 2.28. The van der Waals surface area contributed by atoms with Crippen molar-refractivity contribution < 1.29 is 18.6 Å². The molecule has 3 aromatic rings. The van der Waals surface area contributed by atoms with Gasteiger partial charge >= 0.3 is 0 Å². The summed E-state index contributed by atoms with van der Waals surface area (Å²) in [7, 11) is 0. The average Bonchev–Trinajstić information content (AvgIpc) is 3.10. The number of hydrogen-bond acceptors (Lipinski definition) is 4. The number of para-hydroxylation sites is 2. The van der Waals surface area contributed by atoms with E-state index in [1.807, 2.05) is 26.0 Å². The van der Waals surface area contributed by atoms with Gasteiger partial charge in [0, 0.05) is 11.1 Å². The van der Waals surface area contributed by atoms with E-state index in [-0.39, 0.29) is 5.82 Å². The van der Waals surface area contributed by atoms with Crippen LogP contribution >= 0.6 is 0 Å². The van der Waals surface area contributed by atoms with Gasteiger partial charge in [-0.3, -0.25) is 0 Å². The number of nitrogens with zero attached hydrogens (tertiary/aromatic N) is 2. The van der Waals surface area contributed by atoms with Crippen molar-refractivity contribution in [3.05, 3.63) is 65.6 Å². The largest absolute Gasteiger partial charge is 0.492 e. The van der Waals surface area contributed by atoms with Crippen LogP contribution in [0.1, 0.15) is 18.2 Å². The van der Waals surface area contributed by atoms with E-state index in [1.165, 1.54) is 22.7 Å². The van der Waals surface area contributed by atoms with Gasteiger partial charge in [-0.05, 0) is 50.2 Å². The van der Waals surface area contributed by atoms with Gasteiger partial charge in [-0.25, -0.2) is 4.39 Å². The molecule has 0 spiro atoms. The van der Waals surface area contributed by atoms with Crippen LogP contribution in [0.5, 0.6) is 5.75 Å². The van der Waals surface area contributed by atoms with Crippen LogP contribution in [0.2, 0.25) is 0 Å². The third-order valence-corrected chi connectivity index (χ3v) is 5.52. The summed E-state index contributed by atoms with van der Waals surface area (Å²) < 4.78 is 24.5. The quantitative estimate of drug-likeness (QED) is 0.695. The van der Waals surface area contributed by atoms with Crippen LogP contribution in [-0.2, 0) is 6.54 Å². The molecule has 0 bridgehead atoms. The van der Waals surface area contributed by atoms with Crippen LogP contribution < -0.4 is 14.5 Å². The maximum absolute atomic E-state index is 13.2. The second-order valence-corrected chi connectivity index (χ2v) is 7.40. The minimum Gasteiger partial charge on any atom is -0.492 e. The van der Waals surface area contributed by atoms with Crippen LogP contribution in [0.4, 0.5) is 10.1 Å². The molecular formula is C23H27FN3O2+. The number of anilines is 1. The lowest BCUT2D eigenvalue weighted by Crippen LogP contribution is -3.13. The summed E-state index contributed by atoms with van der Waals surface area (Å²) in [5, 5.41) is 4.30. The lowest BCUT2D eigenvalue weighted by molar-refractivity contribution is -0.914. The Kier molecular flexibility index (Phi) is 5.81. The lowest BCUT2D eigenvalue weighted by atomic mass is 10.1. The van der Waals surface area contributed by atoms with Gasteiger partial charge in [0.1, 0.15) is 23.8 Å². The molecule has 29 heavy (non-hydrogen) atoms. The molecule has 0 unspecified atom stereocenters. The highest BCUT2D eigenvalue weighted by atomic mass is 19.1. The molecule has 0 aliphatic carbocycles. The van der Waals surface area contributed by atoms with Crippen molar-refractivity contribution in [2.24, 2.45) is 0 Å². The van der Waals surface area contributed by atoms with Gasteiger partial charge in [0.05, 0.1) is 38.5 Å². The molecule has 0 radical (unpaired) electrons. The Morgan fingerprint density at radius 2 is 1.83 bits per heavy atom. The van der Waals surface area contributed by atoms with Gasteiger partial charge in [0.2, 0.25) is 0 Å². The van der Waals surface area contributed by atoms with Crippen molar-refractivity contribution >= 4 is 5.69 Å². The van der Waals surface area contributed by atoms with Crippen LogP contribution in [0.25, 0.3) is 11.3 Å². The SMILES string of the molecule is CCOc1ccccc1N1CC[NH+](Cc2noc(-c3ccc(F)cc3)c2C)CC1. The maximum atomic E-state index is 13.2. The minimum absolute atomic E-state index is 0.251. The van der Waals surface area contributed by atoms with E-state index in [2.05, 4.69) is 22.2 Å². The van der Waals surface area contributed by atoms with Crippen molar-refractivity contribution in [1.29, 1.82) is 0 Å². The van der Waals surface area contributed by atoms with Gasteiger partial charge in [-0.15, -0.1) is 0 Å². The van der Waals surface area contributed by atoms with Gasteiger partial charge in [0.25, 0.3) is 0 Å². The third kappa shape index (κ3) is 4.27. The summed E-state index contributed by atoms with van der Waals surface area (Å²) in [4.78, 5) is 3.88. The van der Waals surface area contributed by atoms with E-state index in [4.69, 9.17) is 9.26 Å². The van der Waals surface area contributed by atoms with Crippen molar-refractivity contribution in [3.8, 4) is 17.1 Å². The Morgan fingerprint density at radius 1 is 1.10 bits per heavy atom. The Hall–Kier alpha value is -2.86. The number of ether oxygens (including phenoxy) is 1. The average molecular weight is 396 g/mol. The molecule has 2 aromatic carbocycles. The van der Waals surface area contributed by atoms with E-state index < -0.39 is 0 Å². The number of benzene rings is 2. The number of hydrogen-bond donors (Lipinski definition) is 1. The fourth-order valence-electron chi connectivity index (χ4n) is 3.88. The first-order valence-electron chi connectivity index (χ1n) is 10.2. The summed E-state index contributed by atoms with van der Waals surface area (Å²) in [5.41, 5.74) is 4.04. The number of piperazine rings is 1. The monoisotopic (exact) mass is 396 g/mol. The zero-order valence-corrected chi connectivity index (χ0v) is 17.0. The van der Waals surface area contributed by atoms with Gasteiger partial charge in [0.15, 0.2) is 5.76 Å². The van der Waals surface area contributed by atoms with Crippen LogP contribution in [0.15, 0.2) is 53.1 Å². The topological polar surface area (TPSA) is 42.9 Å². The Balaban J connectivity index is 1.40. The summed E-state index contributed by atoms with van der Waals surface area (Å²) in [6.07, 6.45) is 0. The van der Waals surface area contributed by atoms with Crippen LogP contribution in [-0.4, -0.2) is 37.9 Å². The molecule has 0 amide bonds. The number of halogens is 1. The Morgan fingerprint density at radius 3 is 2.55 bits per heavy atom. The van der Waals surface area contributed by atoms with Crippen molar-refractivity contribution in [2.45, 2.75) is 20.4 Å². The molecule has 0 atom stereocenters. The molecule has 1 fully saturated rings. The molecule has 2 heterocycles. The number of nitrogens with one attached hydrogen (secondary N) is 1. The maximum Gasteiger partial charge on any atom is 0.170 e. The summed E-state index contributed by atoms with van der Waals surface area (Å²) in [6, 6.07) is 14.6. The molecule has 5 nitrogen and oxygen atoms in total. The fourth-order valence-corrected chi connectivity index (χ4v) is 3.88. The van der Waals surface area contributed by atoms with E-state index in [0.29, 0.717) is 6.61 Å². The number of rotatable bonds is 6. The Bertz CT molecular complexity index is 947. The van der Waals surface area contributed by atoms with E-state index in [9.17, 15) is 4.39 Å². The first-order valence-corrected chi connectivity index (χ1v) is 10.2. The second kappa shape index (κ2) is 8.66. The van der Waals surface area contributed by atoms with Crippen molar-refractivity contribution in [1.82, 2.24) is 5.16 Å². The van der Waals surface area contributed by atoms with Crippen LogP contribution in [0, 0.1) is 12.7 Å².